The Morgan fingerprint density at radius 2 is 1.94 bits per heavy atom. The molecule has 1 aliphatic heterocycles. The van der Waals surface area contributed by atoms with Gasteiger partial charge >= 0.3 is 5.97 Å². The molecule has 1 saturated heterocycles. The van der Waals surface area contributed by atoms with Crippen molar-refractivity contribution in [1.29, 1.82) is 0 Å². The third-order valence-corrected chi connectivity index (χ3v) is 5.15. The van der Waals surface area contributed by atoms with Crippen LogP contribution in [0.25, 0.3) is 0 Å². The van der Waals surface area contributed by atoms with Gasteiger partial charge in [-0.1, -0.05) is 18.2 Å². The highest BCUT2D eigenvalue weighted by Gasteiger charge is 2.46. The number of para-hydroxylation sites is 1. The number of hydrogen-bond acceptors (Lipinski definition) is 11. The topological polar surface area (TPSA) is 183 Å². The largest absolute Gasteiger partial charge is 0.504 e. The number of aliphatic hydroxyl groups excluding tert-OH is 4. The summed E-state index contributed by atoms with van der Waals surface area (Å²) in [5.41, 5.74) is -2.30. The molecule has 3 rings (SSSR count). The molecule has 0 radical (unpaired) electrons. The second-order valence-electron chi connectivity index (χ2n) is 7.29. The molecule has 1 heterocycles. The standard InChI is InChI=1S/C20H24O11/c21-8-12-14(24)15(25)16(26)18(30-12)31-17-10(4-3-5-11(17)22)9-29-19(27)20(28)7-2-1-6-13(20)23/h2-5,7,12,14-16,18,21-22,24-26,28H,1,6,8-9H2/t12-,14+,15+,16-,18+,20+/m0/s1. The van der Waals surface area contributed by atoms with Gasteiger partial charge in [0.05, 0.1) is 6.61 Å². The molecule has 11 nitrogen and oxygen atoms in total. The van der Waals surface area contributed by atoms with E-state index in [9.17, 15) is 40.2 Å². The van der Waals surface area contributed by atoms with Crippen LogP contribution in [0.15, 0.2) is 30.4 Å². The SMILES string of the molecule is O=C1CCC=C[C@]1(O)C(=O)OCc1cccc(O)c1O[C@H]1O[C@@H](CO)[C@@H](O)[C@@H](O)[C@@H]1O. The number of carbonyl (C=O) groups excluding carboxylic acids is 2. The summed E-state index contributed by atoms with van der Waals surface area (Å²) < 4.78 is 15.8. The lowest BCUT2D eigenvalue weighted by Gasteiger charge is -2.39. The van der Waals surface area contributed by atoms with Crippen LogP contribution in [0.4, 0.5) is 0 Å². The number of phenolic OH excluding ortho intramolecular Hbond substituents is 1. The summed E-state index contributed by atoms with van der Waals surface area (Å²) in [4.78, 5) is 24.2. The van der Waals surface area contributed by atoms with Crippen molar-refractivity contribution in [2.24, 2.45) is 0 Å². The minimum Gasteiger partial charge on any atom is -0.504 e. The summed E-state index contributed by atoms with van der Waals surface area (Å²) in [7, 11) is 0. The van der Waals surface area contributed by atoms with Crippen LogP contribution in [0.1, 0.15) is 18.4 Å². The highest BCUT2D eigenvalue weighted by Crippen LogP contribution is 2.34. The van der Waals surface area contributed by atoms with Gasteiger partial charge in [0.25, 0.3) is 0 Å². The Morgan fingerprint density at radius 3 is 2.61 bits per heavy atom. The van der Waals surface area contributed by atoms with Gasteiger partial charge in [-0.15, -0.1) is 0 Å². The number of esters is 1. The number of hydrogen-bond donors (Lipinski definition) is 6. The third kappa shape index (κ3) is 4.56. The monoisotopic (exact) mass is 440 g/mol. The summed E-state index contributed by atoms with van der Waals surface area (Å²) in [5, 5.41) is 59.6. The van der Waals surface area contributed by atoms with E-state index in [1.54, 1.807) is 0 Å². The van der Waals surface area contributed by atoms with Crippen LogP contribution in [-0.2, 0) is 25.7 Å². The van der Waals surface area contributed by atoms with E-state index in [1.807, 2.05) is 0 Å². The summed E-state index contributed by atoms with van der Waals surface area (Å²) in [5.74, 6) is -2.58. The maximum absolute atomic E-state index is 12.3. The fraction of sp³-hybridized carbons (Fsp3) is 0.500. The normalized spacial score (nSPS) is 33.2. The number of ether oxygens (including phenoxy) is 3. The second-order valence-corrected chi connectivity index (χ2v) is 7.29. The van der Waals surface area contributed by atoms with E-state index < -0.39 is 67.0 Å². The lowest BCUT2D eigenvalue weighted by molar-refractivity contribution is -0.277. The van der Waals surface area contributed by atoms with Gasteiger partial charge in [-0.2, -0.15) is 0 Å². The second kappa shape index (κ2) is 9.30. The molecule has 31 heavy (non-hydrogen) atoms. The number of aromatic hydroxyl groups is 1. The first-order valence-electron chi connectivity index (χ1n) is 9.57. The molecular weight excluding hydrogens is 416 g/mol. The maximum Gasteiger partial charge on any atom is 0.350 e. The zero-order valence-electron chi connectivity index (χ0n) is 16.3. The number of rotatable bonds is 6. The number of phenols is 1. The van der Waals surface area contributed by atoms with Crippen molar-refractivity contribution >= 4 is 11.8 Å². The molecular formula is C20H24O11. The van der Waals surface area contributed by atoms with Gasteiger partial charge in [-0.3, -0.25) is 4.79 Å². The van der Waals surface area contributed by atoms with E-state index in [2.05, 4.69) is 0 Å². The third-order valence-electron chi connectivity index (χ3n) is 5.15. The molecule has 1 aromatic carbocycles. The van der Waals surface area contributed by atoms with Crippen molar-refractivity contribution in [1.82, 2.24) is 0 Å². The molecule has 6 N–H and O–H groups in total. The van der Waals surface area contributed by atoms with E-state index in [0.29, 0.717) is 6.42 Å². The van der Waals surface area contributed by atoms with Gasteiger partial charge < -0.3 is 44.8 Å². The number of allylic oxidation sites excluding steroid dienone is 1. The first-order chi connectivity index (χ1) is 14.7. The zero-order chi connectivity index (χ0) is 22.8. The Kier molecular flexibility index (Phi) is 6.94. The number of ketones is 1. The van der Waals surface area contributed by atoms with Crippen LogP contribution in [-0.4, -0.2) is 85.3 Å². The maximum atomic E-state index is 12.3. The molecule has 0 saturated carbocycles. The zero-order valence-corrected chi connectivity index (χ0v) is 16.3. The molecule has 0 spiro atoms. The summed E-state index contributed by atoms with van der Waals surface area (Å²) >= 11 is 0. The summed E-state index contributed by atoms with van der Waals surface area (Å²) in [6, 6.07) is 4.07. The van der Waals surface area contributed by atoms with Crippen molar-refractivity contribution in [2.45, 2.75) is 55.8 Å². The van der Waals surface area contributed by atoms with Gasteiger partial charge in [0.1, 0.15) is 31.0 Å². The smallest absolute Gasteiger partial charge is 0.350 e. The lowest BCUT2D eigenvalue weighted by Crippen LogP contribution is -2.60. The average molecular weight is 440 g/mol. The Hall–Kier alpha value is -2.54. The predicted octanol–water partition coefficient (Wildman–Crippen LogP) is -1.74. The molecule has 170 valence electrons. The molecule has 1 aromatic rings. The molecule has 1 aliphatic carbocycles. The first-order valence-corrected chi connectivity index (χ1v) is 9.57. The lowest BCUT2D eigenvalue weighted by atomic mass is 9.90. The van der Waals surface area contributed by atoms with Gasteiger partial charge in [0, 0.05) is 12.0 Å². The first kappa shape index (κ1) is 23.1. The molecule has 11 heteroatoms. The van der Waals surface area contributed by atoms with E-state index in [1.165, 1.54) is 24.3 Å². The number of aliphatic hydroxyl groups is 5. The Balaban J connectivity index is 1.76. The molecule has 0 amide bonds. The van der Waals surface area contributed by atoms with E-state index in [0.717, 1.165) is 6.08 Å². The van der Waals surface area contributed by atoms with Gasteiger partial charge in [0.15, 0.2) is 17.3 Å². The average Bonchev–Trinajstić information content (AvgIpc) is 2.76. The molecule has 2 aliphatic rings. The van der Waals surface area contributed by atoms with Crippen LogP contribution in [0, 0.1) is 0 Å². The van der Waals surface area contributed by atoms with Crippen LogP contribution in [0.2, 0.25) is 0 Å². The molecule has 6 atom stereocenters. The van der Waals surface area contributed by atoms with E-state index in [-0.39, 0.29) is 17.7 Å². The van der Waals surface area contributed by atoms with Crippen LogP contribution >= 0.6 is 0 Å². The molecule has 1 fully saturated rings. The number of carbonyl (C=O) groups is 2. The minimum atomic E-state index is -2.40. The fourth-order valence-corrected chi connectivity index (χ4v) is 3.29. The predicted molar refractivity (Wildman–Crippen MR) is 101 cm³/mol. The quantitative estimate of drug-likeness (QED) is 0.168. The Morgan fingerprint density at radius 1 is 1.19 bits per heavy atom. The fourth-order valence-electron chi connectivity index (χ4n) is 3.29. The van der Waals surface area contributed by atoms with Crippen molar-refractivity contribution in [2.75, 3.05) is 6.61 Å². The Labute approximate surface area is 176 Å². The van der Waals surface area contributed by atoms with Gasteiger partial charge in [-0.25, -0.2) is 4.79 Å². The van der Waals surface area contributed by atoms with Crippen molar-refractivity contribution in [3.05, 3.63) is 35.9 Å². The van der Waals surface area contributed by atoms with Crippen LogP contribution < -0.4 is 4.74 Å². The minimum absolute atomic E-state index is 0.0142. The summed E-state index contributed by atoms with van der Waals surface area (Å²) in [6.07, 6.45) is -4.87. The van der Waals surface area contributed by atoms with Crippen molar-refractivity contribution in [3.63, 3.8) is 0 Å². The number of benzene rings is 1. The molecule has 0 unspecified atom stereocenters. The van der Waals surface area contributed by atoms with E-state index >= 15 is 0 Å². The van der Waals surface area contributed by atoms with Crippen LogP contribution in [0.5, 0.6) is 11.5 Å². The molecule has 0 aromatic heterocycles. The highest BCUT2D eigenvalue weighted by atomic mass is 16.7. The van der Waals surface area contributed by atoms with E-state index in [4.69, 9.17) is 14.2 Å². The highest BCUT2D eigenvalue weighted by molar-refractivity contribution is 6.09. The number of Topliss-reactive ketones (excluding diaryl/α,β-unsaturated/α-hetero) is 1. The van der Waals surface area contributed by atoms with Crippen molar-refractivity contribution in [3.8, 4) is 11.5 Å². The van der Waals surface area contributed by atoms with Crippen molar-refractivity contribution < 1.29 is 54.4 Å². The van der Waals surface area contributed by atoms with Gasteiger partial charge in [-0.05, 0) is 18.6 Å². The van der Waals surface area contributed by atoms with Gasteiger partial charge in [0.2, 0.25) is 11.9 Å². The van der Waals surface area contributed by atoms with Crippen LogP contribution in [0.3, 0.4) is 0 Å². The molecule has 0 bridgehead atoms. The summed E-state index contributed by atoms with van der Waals surface area (Å²) in [6.45, 7) is -1.18. The Bertz CT molecular complexity index is 852.